The van der Waals surface area contributed by atoms with Crippen LogP contribution in [0.3, 0.4) is 0 Å². The molecule has 0 aliphatic heterocycles. The van der Waals surface area contributed by atoms with E-state index < -0.39 is 23.6 Å². The molecule has 0 aliphatic carbocycles. The molecule has 0 saturated heterocycles. The molecule has 3 aromatic rings. The fourth-order valence-electron chi connectivity index (χ4n) is 3.40. The molecular formula is C23H23N3O4. The van der Waals surface area contributed by atoms with Crippen LogP contribution in [0.1, 0.15) is 33.1 Å². The minimum atomic E-state index is -1.12. The number of rotatable bonds is 7. The van der Waals surface area contributed by atoms with Crippen LogP contribution in [0.25, 0.3) is 11.3 Å². The van der Waals surface area contributed by atoms with E-state index in [9.17, 15) is 14.4 Å². The summed E-state index contributed by atoms with van der Waals surface area (Å²) in [4.78, 5) is 41.2. The van der Waals surface area contributed by atoms with E-state index in [1.165, 1.54) is 0 Å². The number of aromatic nitrogens is 1. The molecule has 0 saturated carbocycles. The zero-order valence-electron chi connectivity index (χ0n) is 17.1. The maximum Gasteiger partial charge on any atom is 0.290 e. The number of nitrogens with zero attached hydrogens (tertiary/aromatic N) is 1. The van der Waals surface area contributed by atoms with Crippen LogP contribution in [0, 0.1) is 20.8 Å². The van der Waals surface area contributed by atoms with E-state index in [0.29, 0.717) is 17.1 Å². The molecule has 154 valence electrons. The molecule has 0 fully saturated rings. The van der Waals surface area contributed by atoms with Gasteiger partial charge in [0.1, 0.15) is 11.7 Å². The number of amides is 2. The molecule has 1 aromatic heterocycles. The van der Waals surface area contributed by atoms with Gasteiger partial charge in [0.05, 0.1) is 0 Å². The van der Waals surface area contributed by atoms with Crippen molar-refractivity contribution >= 4 is 17.6 Å². The molecule has 1 atom stereocenters. The number of carbonyl (C=O) groups excluding carboxylic acids is 3. The number of benzene rings is 2. The van der Waals surface area contributed by atoms with Crippen LogP contribution in [0.15, 0.2) is 52.9 Å². The number of nitrogens with two attached hydrogens (primary N) is 1. The third kappa shape index (κ3) is 4.81. The molecule has 1 unspecified atom stereocenters. The number of ketones is 1. The molecule has 1 heterocycles. The van der Waals surface area contributed by atoms with Crippen molar-refractivity contribution in [3.05, 3.63) is 76.9 Å². The van der Waals surface area contributed by atoms with Gasteiger partial charge in [-0.15, -0.1) is 0 Å². The Labute approximate surface area is 174 Å². The van der Waals surface area contributed by atoms with E-state index >= 15 is 0 Å². The van der Waals surface area contributed by atoms with E-state index in [2.05, 4.69) is 10.3 Å². The summed E-state index contributed by atoms with van der Waals surface area (Å²) in [6, 6.07) is 13.8. The van der Waals surface area contributed by atoms with Gasteiger partial charge in [0, 0.05) is 18.9 Å². The van der Waals surface area contributed by atoms with Crippen LogP contribution in [0.5, 0.6) is 0 Å². The van der Waals surface area contributed by atoms with E-state index in [1.54, 1.807) is 19.1 Å². The predicted octanol–water partition coefficient (Wildman–Crippen LogP) is 2.66. The number of aryl methyl sites for hydroxylation is 3. The maximum atomic E-state index is 13.0. The summed E-state index contributed by atoms with van der Waals surface area (Å²) in [7, 11) is 0. The number of hydrogen-bond acceptors (Lipinski definition) is 5. The van der Waals surface area contributed by atoms with Crippen molar-refractivity contribution in [3.8, 4) is 11.3 Å². The Morgan fingerprint density at radius 2 is 1.67 bits per heavy atom. The molecule has 2 amide bonds. The molecule has 0 aliphatic rings. The molecule has 30 heavy (non-hydrogen) atoms. The predicted molar refractivity (Wildman–Crippen MR) is 112 cm³/mol. The van der Waals surface area contributed by atoms with Gasteiger partial charge in [-0.3, -0.25) is 14.4 Å². The topological polar surface area (TPSA) is 115 Å². The fraction of sp³-hybridized carbons (Fsp3) is 0.217. The van der Waals surface area contributed by atoms with Crippen LogP contribution in [0.4, 0.5) is 0 Å². The zero-order valence-corrected chi connectivity index (χ0v) is 17.1. The molecule has 0 bridgehead atoms. The van der Waals surface area contributed by atoms with Crippen molar-refractivity contribution in [3.63, 3.8) is 0 Å². The third-order valence-corrected chi connectivity index (χ3v) is 4.57. The summed E-state index contributed by atoms with van der Waals surface area (Å²) >= 11 is 0. The number of oxazole rings is 1. The highest BCUT2D eigenvalue weighted by molar-refractivity contribution is 6.38. The summed E-state index contributed by atoms with van der Waals surface area (Å²) in [5.41, 5.74) is 9.11. The number of carbonyl (C=O) groups is 3. The summed E-state index contributed by atoms with van der Waals surface area (Å²) in [5.74, 6) is -2.34. The molecule has 3 N–H and O–H groups in total. The normalized spacial score (nSPS) is 11.7. The largest absolute Gasteiger partial charge is 0.435 e. The number of Topliss-reactive ketones (excluding diaryl/α,β-unsaturated/α-hetero) is 1. The second kappa shape index (κ2) is 8.73. The quantitative estimate of drug-likeness (QED) is 0.587. The fourth-order valence-corrected chi connectivity index (χ4v) is 3.40. The van der Waals surface area contributed by atoms with Gasteiger partial charge in [0.25, 0.3) is 11.8 Å². The van der Waals surface area contributed by atoms with Crippen molar-refractivity contribution in [1.82, 2.24) is 10.3 Å². The van der Waals surface area contributed by atoms with Gasteiger partial charge >= 0.3 is 0 Å². The molecule has 0 radical (unpaired) electrons. The first-order valence-corrected chi connectivity index (χ1v) is 9.49. The van der Waals surface area contributed by atoms with Gasteiger partial charge < -0.3 is 15.5 Å². The van der Waals surface area contributed by atoms with E-state index in [4.69, 9.17) is 10.2 Å². The van der Waals surface area contributed by atoms with Crippen molar-refractivity contribution in [2.24, 2.45) is 5.73 Å². The van der Waals surface area contributed by atoms with Crippen molar-refractivity contribution in [2.45, 2.75) is 33.2 Å². The Kier molecular flexibility index (Phi) is 6.11. The molecule has 3 rings (SSSR count). The average Bonchev–Trinajstić information content (AvgIpc) is 3.08. The second-order valence-corrected chi connectivity index (χ2v) is 7.23. The smallest absolute Gasteiger partial charge is 0.290 e. The Morgan fingerprint density at radius 3 is 2.27 bits per heavy atom. The van der Waals surface area contributed by atoms with Gasteiger partial charge in [0.2, 0.25) is 11.5 Å². The van der Waals surface area contributed by atoms with Crippen molar-refractivity contribution in [2.75, 3.05) is 0 Å². The lowest BCUT2D eigenvalue weighted by molar-refractivity contribution is -0.137. The van der Waals surface area contributed by atoms with Gasteiger partial charge in [0.15, 0.2) is 5.89 Å². The van der Waals surface area contributed by atoms with Crippen LogP contribution < -0.4 is 11.1 Å². The second-order valence-electron chi connectivity index (χ2n) is 7.23. The lowest BCUT2D eigenvalue weighted by Crippen LogP contribution is -2.47. The third-order valence-electron chi connectivity index (χ3n) is 4.57. The summed E-state index contributed by atoms with van der Waals surface area (Å²) in [6.07, 6.45) is 0.129. The molecule has 7 nitrogen and oxygen atoms in total. The lowest BCUT2D eigenvalue weighted by atomic mass is 9.98. The number of nitrogens with one attached hydrogen (secondary N) is 1. The summed E-state index contributed by atoms with van der Waals surface area (Å²) in [5, 5.41) is 2.60. The van der Waals surface area contributed by atoms with E-state index in [0.717, 1.165) is 16.7 Å². The molecular weight excluding hydrogens is 382 g/mol. The number of primary amides is 1. The van der Waals surface area contributed by atoms with Crippen LogP contribution >= 0.6 is 0 Å². The van der Waals surface area contributed by atoms with E-state index in [-0.39, 0.29) is 12.2 Å². The van der Waals surface area contributed by atoms with Gasteiger partial charge in [-0.05, 0) is 19.4 Å². The number of hydrogen-bond donors (Lipinski definition) is 2. The highest BCUT2D eigenvalue weighted by atomic mass is 16.4. The Bertz CT molecular complexity index is 1080. The molecule has 7 heteroatoms. The average molecular weight is 405 g/mol. The van der Waals surface area contributed by atoms with Gasteiger partial charge in [-0.1, -0.05) is 59.7 Å². The zero-order chi connectivity index (χ0) is 21.8. The van der Waals surface area contributed by atoms with Crippen LogP contribution in [-0.4, -0.2) is 28.6 Å². The van der Waals surface area contributed by atoms with Crippen molar-refractivity contribution in [1.29, 1.82) is 0 Å². The highest BCUT2D eigenvalue weighted by Gasteiger charge is 2.29. The first-order valence-electron chi connectivity index (χ1n) is 9.49. The van der Waals surface area contributed by atoms with Gasteiger partial charge in [-0.2, -0.15) is 0 Å². The standard InChI is InChI=1S/C23H23N3O4/c1-13-9-14(2)11-16(10-13)12-18(20(27)22(24)28)26-23(29)21-19(25-15(3)30-21)17-7-5-4-6-8-17/h4-11,18H,12H2,1-3H3,(H2,24,28)(H,26,29). The Balaban J connectivity index is 1.91. The monoisotopic (exact) mass is 405 g/mol. The maximum absolute atomic E-state index is 13.0. The lowest BCUT2D eigenvalue weighted by Gasteiger charge is -2.16. The minimum Gasteiger partial charge on any atom is -0.435 e. The molecule has 0 spiro atoms. The summed E-state index contributed by atoms with van der Waals surface area (Å²) in [6.45, 7) is 5.50. The first-order chi connectivity index (χ1) is 14.2. The highest BCUT2D eigenvalue weighted by Crippen LogP contribution is 2.24. The van der Waals surface area contributed by atoms with E-state index in [1.807, 2.05) is 50.2 Å². The van der Waals surface area contributed by atoms with Gasteiger partial charge in [-0.25, -0.2) is 4.98 Å². The van der Waals surface area contributed by atoms with Crippen LogP contribution in [0.2, 0.25) is 0 Å². The Morgan fingerprint density at radius 1 is 1.03 bits per heavy atom. The van der Waals surface area contributed by atoms with Crippen molar-refractivity contribution < 1.29 is 18.8 Å². The first kappa shape index (κ1) is 21.0. The Hall–Kier alpha value is -3.74. The summed E-state index contributed by atoms with van der Waals surface area (Å²) < 4.78 is 5.51. The molecule has 2 aromatic carbocycles. The van der Waals surface area contributed by atoms with Crippen LogP contribution in [-0.2, 0) is 16.0 Å². The minimum absolute atomic E-state index is 0.0265. The SMILES string of the molecule is Cc1cc(C)cc(CC(NC(=O)c2oc(C)nc2-c2ccccc2)C(=O)C(N)=O)c1.